The van der Waals surface area contributed by atoms with Crippen LogP contribution >= 0.6 is 0 Å². The Kier molecular flexibility index (Phi) is 4.73. The maximum absolute atomic E-state index is 12.2. The van der Waals surface area contributed by atoms with Crippen LogP contribution in [0.25, 0.3) is 11.5 Å². The first-order valence-corrected chi connectivity index (χ1v) is 7.82. The molecule has 25 heavy (non-hydrogen) atoms. The second-order valence-electron chi connectivity index (χ2n) is 5.77. The molecule has 2 amide bonds. The van der Waals surface area contributed by atoms with E-state index in [1.54, 1.807) is 17.9 Å². The lowest BCUT2D eigenvalue weighted by atomic mass is 10.1. The number of carbonyl (C=O) groups is 1. The monoisotopic (exact) mass is 341 g/mol. The molecule has 130 valence electrons. The molecule has 2 N–H and O–H groups in total. The molecule has 2 aromatic heterocycles. The van der Waals surface area contributed by atoms with E-state index in [4.69, 9.17) is 4.42 Å². The first-order chi connectivity index (χ1) is 12.0. The number of nitrogens with one attached hydrogen (secondary N) is 2. The molecule has 0 bridgehead atoms. The average molecular weight is 341 g/mol. The van der Waals surface area contributed by atoms with Gasteiger partial charge in [-0.25, -0.2) is 9.78 Å². The van der Waals surface area contributed by atoms with Gasteiger partial charge >= 0.3 is 6.03 Å². The lowest BCUT2D eigenvalue weighted by Crippen LogP contribution is -2.38. The number of rotatable bonds is 5. The highest BCUT2D eigenvalue weighted by Gasteiger charge is 2.12. The summed E-state index contributed by atoms with van der Waals surface area (Å²) in [5.41, 5.74) is 2.36. The van der Waals surface area contributed by atoms with Crippen LogP contribution < -0.4 is 10.6 Å². The molecule has 2 heterocycles. The van der Waals surface area contributed by atoms with Crippen LogP contribution in [0.5, 0.6) is 0 Å². The first kappa shape index (κ1) is 16.6. The molecule has 0 radical (unpaired) electrons. The fourth-order valence-electron chi connectivity index (χ4n) is 2.34. The Morgan fingerprint density at radius 2 is 2.16 bits per heavy atom. The molecule has 0 saturated carbocycles. The number of nitrogens with zero attached hydrogens (tertiary/aromatic N) is 5. The van der Waals surface area contributed by atoms with E-state index in [-0.39, 0.29) is 12.1 Å². The van der Waals surface area contributed by atoms with Gasteiger partial charge < -0.3 is 15.1 Å². The smallest absolute Gasteiger partial charge is 0.319 e. The van der Waals surface area contributed by atoms with Crippen LogP contribution in [0, 0.1) is 13.8 Å². The summed E-state index contributed by atoms with van der Waals surface area (Å²) in [6.45, 7) is 6.07. The van der Waals surface area contributed by atoms with Crippen molar-refractivity contribution in [2.24, 2.45) is 0 Å². The summed E-state index contributed by atoms with van der Waals surface area (Å²) in [5.74, 6) is 0.908. The molecule has 0 spiro atoms. The minimum atomic E-state index is -0.297. The second-order valence-corrected chi connectivity index (χ2v) is 5.77. The molecule has 9 heteroatoms. The van der Waals surface area contributed by atoms with E-state index in [0.29, 0.717) is 24.0 Å². The largest absolute Gasteiger partial charge is 0.421 e. The number of carbonyl (C=O) groups excluding carboxylic acids is 1. The maximum atomic E-state index is 12.2. The van der Waals surface area contributed by atoms with Crippen LogP contribution in [0.2, 0.25) is 0 Å². The van der Waals surface area contributed by atoms with Gasteiger partial charge in [-0.3, -0.25) is 4.68 Å². The molecule has 0 aliphatic carbocycles. The molecular weight excluding hydrogens is 322 g/mol. The van der Waals surface area contributed by atoms with E-state index in [1.807, 2.05) is 32.0 Å². The van der Waals surface area contributed by atoms with Crippen LogP contribution in [0.1, 0.15) is 18.4 Å². The molecule has 0 aliphatic rings. The lowest BCUT2D eigenvalue weighted by Gasteiger charge is -2.15. The molecule has 0 fully saturated rings. The zero-order valence-corrected chi connectivity index (χ0v) is 14.2. The van der Waals surface area contributed by atoms with Crippen molar-refractivity contribution < 1.29 is 9.21 Å². The Balaban J connectivity index is 1.66. The number of hydrogen-bond acceptors (Lipinski definition) is 6. The second kappa shape index (κ2) is 7.12. The van der Waals surface area contributed by atoms with Crippen LogP contribution in [0.15, 0.2) is 35.3 Å². The highest BCUT2D eigenvalue weighted by molar-refractivity contribution is 5.91. The number of hydrogen-bond donors (Lipinski definition) is 2. The summed E-state index contributed by atoms with van der Waals surface area (Å²) in [5, 5.41) is 17.6. The fourth-order valence-corrected chi connectivity index (χ4v) is 2.34. The third kappa shape index (κ3) is 4.19. The van der Waals surface area contributed by atoms with E-state index < -0.39 is 0 Å². The number of benzene rings is 1. The third-order valence-corrected chi connectivity index (χ3v) is 3.56. The van der Waals surface area contributed by atoms with Gasteiger partial charge in [-0.15, -0.1) is 10.2 Å². The standard InChI is InChI=1S/C16H19N7O2/c1-10-4-5-13(15-22-21-12(3)25-15)6-14(10)20-16(24)19-11(2)7-23-9-17-8-18-23/h4-6,8-9,11H,7H2,1-3H3,(H2,19,20,24). The van der Waals surface area contributed by atoms with Gasteiger partial charge in [0.15, 0.2) is 0 Å². The van der Waals surface area contributed by atoms with Crippen molar-refractivity contribution in [3.8, 4) is 11.5 Å². The van der Waals surface area contributed by atoms with E-state index in [9.17, 15) is 4.79 Å². The van der Waals surface area contributed by atoms with Gasteiger partial charge in [-0.2, -0.15) is 5.10 Å². The van der Waals surface area contributed by atoms with Crippen molar-refractivity contribution in [3.63, 3.8) is 0 Å². The maximum Gasteiger partial charge on any atom is 0.319 e. The van der Waals surface area contributed by atoms with E-state index in [1.165, 1.54) is 6.33 Å². The number of urea groups is 1. The Morgan fingerprint density at radius 1 is 1.32 bits per heavy atom. The van der Waals surface area contributed by atoms with Gasteiger partial charge in [-0.05, 0) is 31.5 Å². The van der Waals surface area contributed by atoms with Gasteiger partial charge in [0.25, 0.3) is 0 Å². The Labute approximate surface area is 144 Å². The average Bonchev–Trinajstić information content (AvgIpc) is 3.21. The zero-order chi connectivity index (χ0) is 17.8. The van der Waals surface area contributed by atoms with Crippen LogP contribution in [-0.2, 0) is 6.54 Å². The van der Waals surface area contributed by atoms with Crippen molar-refractivity contribution in [1.82, 2.24) is 30.3 Å². The van der Waals surface area contributed by atoms with Gasteiger partial charge in [0, 0.05) is 24.2 Å². The molecule has 9 nitrogen and oxygen atoms in total. The summed E-state index contributed by atoms with van der Waals surface area (Å²) < 4.78 is 7.09. The predicted octanol–water partition coefficient (Wildman–Crippen LogP) is 2.16. The summed E-state index contributed by atoms with van der Waals surface area (Å²) in [7, 11) is 0. The topological polar surface area (TPSA) is 111 Å². The zero-order valence-electron chi connectivity index (χ0n) is 14.2. The number of aromatic nitrogens is 5. The first-order valence-electron chi connectivity index (χ1n) is 7.82. The molecule has 3 aromatic rings. The SMILES string of the molecule is Cc1nnc(-c2ccc(C)c(NC(=O)NC(C)Cn3cncn3)c2)o1. The number of anilines is 1. The summed E-state index contributed by atoms with van der Waals surface area (Å²) in [4.78, 5) is 16.1. The summed E-state index contributed by atoms with van der Waals surface area (Å²) in [6.07, 6.45) is 3.07. The summed E-state index contributed by atoms with van der Waals surface area (Å²) >= 11 is 0. The van der Waals surface area contributed by atoms with Crippen LogP contribution in [0.3, 0.4) is 0 Å². The molecule has 0 saturated heterocycles. The van der Waals surface area contributed by atoms with Crippen LogP contribution in [-0.4, -0.2) is 37.0 Å². The van der Waals surface area contributed by atoms with Crippen molar-refractivity contribution in [1.29, 1.82) is 0 Å². The Hall–Kier alpha value is -3.23. The molecule has 0 aliphatic heterocycles. The number of aryl methyl sites for hydroxylation is 2. The third-order valence-electron chi connectivity index (χ3n) is 3.56. The van der Waals surface area contributed by atoms with Crippen molar-refractivity contribution >= 4 is 11.7 Å². The van der Waals surface area contributed by atoms with E-state index >= 15 is 0 Å². The molecule has 1 aromatic carbocycles. The molecular formula is C16H19N7O2. The summed E-state index contributed by atoms with van der Waals surface area (Å²) in [6, 6.07) is 5.17. The molecule has 1 unspecified atom stereocenters. The van der Waals surface area contributed by atoms with E-state index in [2.05, 4.69) is 30.9 Å². The predicted molar refractivity (Wildman–Crippen MR) is 90.8 cm³/mol. The van der Waals surface area contributed by atoms with Gasteiger partial charge in [0.1, 0.15) is 12.7 Å². The van der Waals surface area contributed by atoms with Crippen molar-refractivity contribution in [3.05, 3.63) is 42.3 Å². The lowest BCUT2D eigenvalue weighted by molar-refractivity contribution is 0.247. The minimum absolute atomic E-state index is 0.108. The Morgan fingerprint density at radius 3 is 2.84 bits per heavy atom. The van der Waals surface area contributed by atoms with Gasteiger partial charge in [0.2, 0.25) is 11.8 Å². The fraction of sp³-hybridized carbons (Fsp3) is 0.312. The molecule has 1 atom stereocenters. The van der Waals surface area contributed by atoms with Gasteiger partial charge in [-0.1, -0.05) is 6.07 Å². The Bertz CT molecular complexity index is 857. The van der Waals surface area contributed by atoms with Crippen LogP contribution in [0.4, 0.5) is 10.5 Å². The quantitative estimate of drug-likeness (QED) is 0.735. The van der Waals surface area contributed by atoms with Crippen molar-refractivity contribution in [2.45, 2.75) is 33.4 Å². The van der Waals surface area contributed by atoms with Gasteiger partial charge in [0.05, 0.1) is 6.54 Å². The highest BCUT2D eigenvalue weighted by atomic mass is 16.4. The highest BCUT2D eigenvalue weighted by Crippen LogP contribution is 2.24. The normalized spacial score (nSPS) is 12.0. The number of amides is 2. The van der Waals surface area contributed by atoms with Crippen molar-refractivity contribution in [2.75, 3.05) is 5.32 Å². The minimum Gasteiger partial charge on any atom is -0.421 e. The molecule has 3 rings (SSSR count). The van der Waals surface area contributed by atoms with E-state index in [0.717, 1.165) is 11.1 Å².